The highest BCUT2D eigenvalue weighted by atomic mass is 16.3. The minimum atomic E-state index is -0.505. The molecule has 4 nitrogen and oxygen atoms in total. The van der Waals surface area contributed by atoms with E-state index in [0.717, 1.165) is 32.1 Å². The summed E-state index contributed by atoms with van der Waals surface area (Å²) in [5.41, 5.74) is -0.505. The van der Waals surface area contributed by atoms with E-state index < -0.39 is 5.54 Å². The number of amides is 2. The van der Waals surface area contributed by atoms with Gasteiger partial charge >= 0.3 is 0 Å². The van der Waals surface area contributed by atoms with Crippen molar-refractivity contribution in [2.75, 3.05) is 6.61 Å². The van der Waals surface area contributed by atoms with Gasteiger partial charge in [0.15, 0.2) is 0 Å². The van der Waals surface area contributed by atoms with Crippen LogP contribution in [0.5, 0.6) is 0 Å². The van der Waals surface area contributed by atoms with Crippen molar-refractivity contribution < 1.29 is 14.7 Å². The van der Waals surface area contributed by atoms with Gasteiger partial charge in [-0.15, -0.1) is 0 Å². The summed E-state index contributed by atoms with van der Waals surface area (Å²) in [4.78, 5) is 25.5. The van der Waals surface area contributed by atoms with Crippen molar-refractivity contribution in [2.24, 2.45) is 11.8 Å². The summed E-state index contributed by atoms with van der Waals surface area (Å²) in [5, 5.41) is 9.29. The quantitative estimate of drug-likeness (QED) is 0.665. The molecule has 82 valence electrons. The zero-order valence-electron chi connectivity index (χ0n) is 8.61. The van der Waals surface area contributed by atoms with Gasteiger partial charge in [-0.05, 0) is 32.1 Å². The fourth-order valence-electron chi connectivity index (χ4n) is 2.97. The first-order valence-electron chi connectivity index (χ1n) is 5.67. The Hall–Kier alpha value is -0.900. The lowest BCUT2D eigenvalue weighted by molar-refractivity contribution is -0.158. The minimum absolute atomic E-state index is 0.0275. The molecule has 1 saturated heterocycles. The number of carbonyl (C=O) groups excluding carboxylic acids is 2. The zero-order valence-corrected chi connectivity index (χ0v) is 8.61. The molecular formula is C11H15NO3. The third-order valence-corrected chi connectivity index (χ3v) is 4.17. The summed E-state index contributed by atoms with van der Waals surface area (Å²) in [6.07, 6.45) is 4.01. The average molecular weight is 209 g/mol. The number of likely N-dealkylation sites (tertiary alicyclic amines) is 1. The van der Waals surface area contributed by atoms with Gasteiger partial charge in [-0.25, -0.2) is 0 Å². The minimum Gasteiger partial charge on any atom is -0.394 e. The highest BCUT2D eigenvalue weighted by molar-refractivity contribution is 6.02. The first-order valence-corrected chi connectivity index (χ1v) is 5.67. The average Bonchev–Trinajstić information content (AvgIpc) is 2.88. The van der Waals surface area contributed by atoms with Crippen LogP contribution in [0.1, 0.15) is 32.1 Å². The Morgan fingerprint density at radius 1 is 1.20 bits per heavy atom. The normalized spacial score (nSPS) is 37.3. The molecule has 0 radical (unpaired) electrons. The number of fused-ring (bicyclic) bond motifs is 2. The van der Waals surface area contributed by atoms with E-state index in [4.69, 9.17) is 0 Å². The highest BCUT2D eigenvalue weighted by Gasteiger charge is 2.58. The van der Waals surface area contributed by atoms with Crippen LogP contribution in [-0.2, 0) is 9.59 Å². The number of rotatable bonds is 2. The van der Waals surface area contributed by atoms with Gasteiger partial charge in [-0.1, -0.05) is 0 Å². The molecule has 2 amide bonds. The van der Waals surface area contributed by atoms with E-state index in [1.807, 2.05) is 0 Å². The molecule has 3 rings (SSSR count). The summed E-state index contributed by atoms with van der Waals surface area (Å²) in [7, 11) is 0. The largest absolute Gasteiger partial charge is 0.394 e. The number of hydrogen-bond acceptors (Lipinski definition) is 3. The fraction of sp³-hybridized carbons (Fsp3) is 0.818. The number of aliphatic hydroxyl groups is 1. The Labute approximate surface area is 88.2 Å². The molecule has 1 heterocycles. The van der Waals surface area contributed by atoms with Crippen LogP contribution in [0.2, 0.25) is 0 Å². The molecule has 0 aromatic carbocycles. The van der Waals surface area contributed by atoms with E-state index in [9.17, 15) is 14.7 Å². The first kappa shape index (κ1) is 9.33. The van der Waals surface area contributed by atoms with Crippen LogP contribution in [0.4, 0.5) is 0 Å². The van der Waals surface area contributed by atoms with Gasteiger partial charge < -0.3 is 5.11 Å². The van der Waals surface area contributed by atoms with Gasteiger partial charge in [0.05, 0.1) is 12.1 Å². The lowest BCUT2D eigenvalue weighted by atomic mass is 9.95. The van der Waals surface area contributed by atoms with Crippen molar-refractivity contribution in [3.05, 3.63) is 0 Å². The molecule has 3 aliphatic rings. The monoisotopic (exact) mass is 209 g/mol. The van der Waals surface area contributed by atoms with Crippen LogP contribution in [0.3, 0.4) is 0 Å². The van der Waals surface area contributed by atoms with Gasteiger partial charge in [0.2, 0.25) is 11.8 Å². The maximum absolute atomic E-state index is 12.0. The summed E-state index contributed by atoms with van der Waals surface area (Å²) in [6, 6.07) is 0. The number of aliphatic hydroxyl groups excluding tert-OH is 1. The second kappa shape index (κ2) is 2.82. The Bertz CT molecular complexity index is 313. The van der Waals surface area contributed by atoms with E-state index >= 15 is 0 Å². The van der Waals surface area contributed by atoms with E-state index in [0.29, 0.717) is 0 Å². The second-order valence-corrected chi connectivity index (χ2v) is 5.10. The zero-order chi connectivity index (χ0) is 10.6. The van der Waals surface area contributed by atoms with Crippen LogP contribution >= 0.6 is 0 Å². The molecule has 2 bridgehead atoms. The Morgan fingerprint density at radius 3 is 2.13 bits per heavy atom. The summed E-state index contributed by atoms with van der Waals surface area (Å²) in [5.74, 6) is 0.0500. The topological polar surface area (TPSA) is 57.6 Å². The maximum Gasteiger partial charge on any atom is 0.232 e. The molecule has 0 aromatic rings. The van der Waals surface area contributed by atoms with Gasteiger partial charge in [0.25, 0.3) is 0 Å². The molecule has 0 spiro atoms. The van der Waals surface area contributed by atoms with Crippen LogP contribution in [-0.4, -0.2) is 34.0 Å². The molecule has 2 atom stereocenters. The lowest BCUT2D eigenvalue weighted by Gasteiger charge is -2.35. The van der Waals surface area contributed by atoms with Crippen LogP contribution in [0.25, 0.3) is 0 Å². The summed E-state index contributed by atoms with van der Waals surface area (Å²) >= 11 is 0. The SMILES string of the molecule is O=C1C2CCC(C2)C(=O)N1C1(CO)CC1. The Morgan fingerprint density at radius 2 is 1.73 bits per heavy atom. The van der Waals surface area contributed by atoms with Gasteiger partial charge in [0, 0.05) is 11.8 Å². The summed E-state index contributed by atoms with van der Waals surface area (Å²) < 4.78 is 0. The number of nitrogens with zero attached hydrogens (tertiary/aromatic N) is 1. The fourth-order valence-corrected chi connectivity index (χ4v) is 2.97. The third kappa shape index (κ3) is 1.11. The molecule has 0 aromatic heterocycles. The molecule has 4 heteroatoms. The Balaban J connectivity index is 1.94. The number of imide groups is 1. The lowest BCUT2D eigenvalue weighted by Crippen LogP contribution is -2.54. The standard InChI is InChI=1S/C11H15NO3/c13-6-11(3-4-11)12-9(14)7-1-2-8(5-7)10(12)15/h7-8,13H,1-6H2. The second-order valence-electron chi connectivity index (χ2n) is 5.10. The van der Waals surface area contributed by atoms with E-state index in [-0.39, 0.29) is 30.3 Å². The first-order chi connectivity index (χ1) is 7.18. The smallest absolute Gasteiger partial charge is 0.232 e. The van der Waals surface area contributed by atoms with Crippen LogP contribution in [0, 0.1) is 11.8 Å². The molecule has 2 unspecified atom stereocenters. The van der Waals surface area contributed by atoms with Crippen molar-refractivity contribution >= 4 is 11.8 Å². The van der Waals surface area contributed by atoms with Gasteiger partial charge in [-0.2, -0.15) is 0 Å². The van der Waals surface area contributed by atoms with Crippen molar-refractivity contribution in [3.63, 3.8) is 0 Å². The van der Waals surface area contributed by atoms with Gasteiger partial charge in [0.1, 0.15) is 0 Å². The molecular weight excluding hydrogens is 194 g/mol. The Kier molecular flexibility index (Phi) is 1.75. The van der Waals surface area contributed by atoms with Crippen molar-refractivity contribution in [2.45, 2.75) is 37.6 Å². The van der Waals surface area contributed by atoms with Crippen LogP contribution < -0.4 is 0 Å². The van der Waals surface area contributed by atoms with Crippen LogP contribution in [0.15, 0.2) is 0 Å². The van der Waals surface area contributed by atoms with Gasteiger partial charge in [-0.3, -0.25) is 14.5 Å². The molecule has 15 heavy (non-hydrogen) atoms. The van der Waals surface area contributed by atoms with Crippen molar-refractivity contribution in [1.29, 1.82) is 0 Å². The van der Waals surface area contributed by atoms with E-state index in [1.165, 1.54) is 4.90 Å². The molecule has 2 aliphatic carbocycles. The van der Waals surface area contributed by atoms with Crippen molar-refractivity contribution in [3.8, 4) is 0 Å². The molecule has 3 fully saturated rings. The van der Waals surface area contributed by atoms with E-state index in [2.05, 4.69) is 0 Å². The predicted octanol–water partition coefficient (Wildman–Crippen LogP) is 0.296. The van der Waals surface area contributed by atoms with Crippen molar-refractivity contribution in [1.82, 2.24) is 4.90 Å². The molecule has 2 saturated carbocycles. The highest BCUT2D eigenvalue weighted by Crippen LogP contribution is 2.48. The molecule has 1 aliphatic heterocycles. The number of hydrogen-bond donors (Lipinski definition) is 1. The molecule has 1 N–H and O–H groups in total. The maximum atomic E-state index is 12.0. The number of carbonyl (C=O) groups is 2. The summed E-state index contributed by atoms with van der Waals surface area (Å²) in [6.45, 7) is -0.0656. The van der Waals surface area contributed by atoms with E-state index in [1.54, 1.807) is 0 Å². The third-order valence-electron chi connectivity index (χ3n) is 4.17. The number of piperidine rings is 1. The predicted molar refractivity (Wildman–Crippen MR) is 51.7 cm³/mol.